The topological polar surface area (TPSA) is 49.2 Å². The normalized spacial score (nSPS) is 23.1. The van der Waals surface area contributed by atoms with Crippen molar-refractivity contribution >= 4 is 17.4 Å². The summed E-state index contributed by atoms with van der Waals surface area (Å²) >= 11 is 5.52. The lowest BCUT2D eigenvalue weighted by atomic mass is 9.82. The molecule has 0 amide bonds. The summed E-state index contributed by atoms with van der Waals surface area (Å²) in [5.74, 6) is 0.400. The molecule has 1 heterocycles. The van der Waals surface area contributed by atoms with Crippen LogP contribution in [-0.4, -0.2) is 34.8 Å². The van der Waals surface area contributed by atoms with Crippen LogP contribution in [0, 0.1) is 5.92 Å². The molecule has 4 nitrogen and oxygen atoms in total. The molecule has 106 valence electrons. The van der Waals surface area contributed by atoms with Crippen LogP contribution in [0.2, 0.25) is 5.28 Å². The van der Waals surface area contributed by atoms with Crippen molar-refractivity contribution in [3.8, 4) is 0 Å². The molecule has 0 unspecified atom stereocenters. The second-order valence-corrected chi connectivity index (χ2v) is 5.09. The zero-order chi connectivity index (χ0) is 14.2. The quantitative estimate of drug-likeness (QED) is 0.870. The summed E-state index contributed by atoms with van der Waals surface area (Å²) < 4.78 is 37.8. The molecule has 1 aliphatic carbocycles. The number of aliphatic hydroxyl groups excluding tert-OH is 1. The van der Waals surface area contributed by atoms with Crippen LogP contribution >= 0.6 is 11.6 Å². The maximum atomic E-state index is 12.6. The van der Waals surface area contributed by atoms with Gasteiger partial charge >= 0.3 is 6.18 Å². The highest BCUT2D eigenvalue weighted by atomic mass is 35.5. The number of hydrogen-bond donors (Lipinski definition) is 1. The van der Waals surface area contributed by atoms with Crippen molar-refractivity contribution in [2.24, 2.45) is 5.92 Å². The molecular formula is C11H13ClF3N3O. The first kappa shape index (κ1) is 14.3. The monoisotopic (exact) mass is 295 g/mol. The smallest absolute Gasteiger partial charge is 0.393 e. The van der Waals surface area contributed by atoms with E-state index in [1.807, 2.05) is 0 Å². The molecule has 0 atom stereocenters. The van der Waals surface area contributed by atoms with Gasteiger partial charge in [-0.1, -0.05) is 0 Å². The zero-order valence-corrected chi connectivity index (χ0v) is 10.9. The molecule has 0 aromatic carbocycles. The molecule has 19 heavy (non-hydrogen) atoms. The third kappa shape index (κ3) is 3.48. The Morgan fingerprint density at radius 3 is 2.58 bits per heavy atom. The molecule has 1 N–H and O–H groups in total. The Kier molecular flexibility index (Phi) is 3.87. The number of anilines is 1. The van der Waals surface area contributed by atoms with Crippen LogP contribution in [0.1, 0.15) is 18.5 Å². The number of alkyl halides is 3. The molecule has 1 aromatic rings. The standard InChI is InChI=1S/C11H13ClF3N3O/c1-18(5-6-2-7(19)3-6)9-4-8(11(13,14)15)16-10(12)17-9/h4,6-7,19H,2-3,5H2,1H3. The average Bonchev–Trinajstić information content (AvgIpc) is 2.24. The van der Waals surface area contributed by atoms with Crippen molar-refractivity contribution in [1.82, 2.24) is 9.97 Å². The molecule has 1 fully saturated rings. The summed E-state index contributed by atoms with van der Waals surface area (Å²) in [5, 5.41) is 8.76. The highest BCUT2D eigenvalue weighted by Gasteiger charge is 2.34. The molecule has 0 radical (unpaired) electrons. The van der Waals surface area contributed by atoms with Crippen molar-refractivity contribution in [3.63, 3.8) is 0 Å². The van der Waals surface area contributed by atoms with Crippen LogP contribution in [0.25, 0.3) is 0 Å². The van der Waals surface area contributed by atoms with E-state index < -0.39 is 17.2 Å². The maximum Gasteiger partial charge on any atom is 0.433 e. The zero-order valence-electron chi connectivity index (χ0n) is 10.2. The fourth-order valence-corrected chi connectivity index (χ4v) is 2.25. The van der Waals surface area contributed by atoms with Crippen LogP contribution < -0.4 is 4.90 Å². The van der Waals surface area contributed by atoms with Crippen LogP contribution in [-0.2, 0) is 6.18 Å². The van der Waals surface area contributed by atoms with Crippen molar-refractivity contribution < 1.29 is 18.3 Å². The van der Waals surface area contributed by atoms with E-state index in [0.29, 0.717) is 19.4 Å². The number of nitrogens with zero attached hydrogens (tertiary/aromatic N) is 3. The minimum atomic E-state index is -4.55. The van der Waals surface area contributed by atoms with Gasteiger partial charge in [0.2, 0.25) is 5.28 Å². The SMILES string of the molecule is CN(CC1CC(O)C1)c1cc(C(F)(F)F)nc(Cl)n1. The summed E-state index contributed by atoms with van der Waals surface area (Å²) in [6, 6.07) is 0.876. The Morgan fingerprint density at radius 2 is 2.05 bits per heavy atom. The predicted molar refractivity (Wildman–Crippen MR) is 64.0 cm³/mol. The molecule has 1 aromatic heterocycles. The Labute approximate surface area is 113 Å². The van der Waals surface area contributed by atoms with E-state index in [9.17, 15) is 18.3 Å². The maximum absolute atomic E-state index is 12.6. The highest BCUT2D eigenvalue weighted by molar-refractivity contribution is 6.28. The summed E-state index contributed by atoms with van der Waals surface area (Å²) in [6.07, 6.45) is -3.52. The first-order chi connectivity index (χ1) is 8.75. The Morgan fingerprint density at radius 1 is 1.42 bits per heavy atom. The summed E-state index contributed by atoms with van der Waals surface area (Å²) in [5.41, 5.74) is -1.05. The Balaban J connectivity index is 2.12. The predicted octanol–water partition coefficient (Wildman–Crippen LogP) is 2.36. The lowest BCUT2D eigenvalue weighted by Gasteiger charge is -2.34. The number of aliphatic hydroxyl groups is 1. The minimum absolute atomic E-state index is 0.133. The summed E-state index contributed by atoms with van der Waals surface area (Å²) in [4.78, 5) is 8.57. The van der Waals surface area contributed by atoms with Crippen LogP contribution in [0.4, 0.5) is 19.0 Å². The van der Waals surface area contributed by atoms with E-state index in [1.54, 1.807) is 11.9 Å². The number of aromatic nitrogens is 2. The lowest BCUT2D eigenvalue weighted by Crippen LogP contribution is -2.37. The number of hydrogen-bond acceptors (Lipinski definition) is 4. The van der Waals surface area contributed by atoms with Gasteiger partial charge in [0.05, 0.1) is 6.10 Å². The molecule has 0 aliphatic heterocycles. The third-order valence-electron chi connectivity index (χ3n) is 3.11. The fraction of sp³-hybridized carbons (Fsp3) is 0.636. The Bertz CT molecular complexity index is 463. The highest BCUT2D eigenvalue weighted by Crippen LogP contribution is 2.32. The average molecular weight is 296 g/mol. The second kappa shape index (κ2) is 5.13. The minimum Gasteiger partial charge on any atom is -0.393 e. The molecule has 0 bridgehead atoms. The van der Waals surface area contributed by atoms with Crippen molar-refractivity contribution in [2.45, 2.75) is 25.1 Å². The van der Waals surface area contributed by atoms with E-state index in [4.69, 9.17) is 11.6 Å². The first-order valence-electron chi connectivity index (χ1n) is 5.76. The first-order valence-corrected chi connectivity index (χ1v) is 6.14. The van der Waals surface area contributed by atoms with Gasteiger partial charge in [-0.3, -0.25) is 0 Å². The van der Waals surface area contributed by atoms with Gasteiger partial charge in [-0.15, -0.1) is 0 Å². The van der Waals surface area contributed by atoms with Gasteiger partial charge in [-0.05, 0) is 30.4 Å². The molecule has 0 saturated heterocycles. The van der Waals surface area contributed by atoms with Gasteiger partial charge in [0.25, 0.3) is 0 Å². The second-order valence-electron chi connectivity index (χ2n) is 4.75. The molecule has 1 aliphatic rings. The third-order valence-corrected chi connectivity index (χ3v) is 3.28. The fourth-order valence-electron chi connectivity index (χ4n) is 2.08. The number of rotatable bonds is 3. The van der Waals surface area contributed by atoms with E-state index in [0.717, 1.165) is 6.07 Å². The van der Waals surface area contributed by atoms with Gasteiger partial charge < -0.3 is 10.0 Å². The van der Waals surface area contributed by atoms with E-state index in [-0.39, 0.29) is 17.8 Å². The Hall–Kier alpha value is -1.08. The van der Waals surface area contributed by atoms with Gasteiger partial charge in [-0.2, -0.15) is 13.2 Å². The van der Waals surface area contributed by atoms with Crippen LogP contribution in [0.15, 0.2) is 6.07 Å². The molecule has 8 heteroatoms. The summed E-state index contributed by atoms with van der Waals surface area (Å²) in [6.45, 7) is 0.529. The lowest BCUT2D eigenvalue weighted by molar-refractivity contribution is -0.141. The van der Waals surface area contributed by atoms with E-state index in [1.165, 1.54) is 0 Å². The summed E-state index contributed by atoms with van der Waals surface area (Å²) in [7, 11) is 1.64. The van der Waals surface area contributed by atoms with Gasteiger partial charge in [0.15, 0.2) is 5.69 Å². The van der Waals surface area contributed by atoms with Crippen LogP contribution in [0.5, 0.6) is 0 Å². The molecular weight excluding hydrogens is 283 g/mol. The van der Waals surface area contributed by atoms with E-state index in [2.05, 4.69) is 9.97 Å². The molecule has 0 spiro atoms. The van der Waals surface area contributed by atoms with Crippen molar-refractivity contribution in [1.29, 1.82) is 0 Å². The van der Waals surface area contributed by atoms with Gasteiger partial charge in [0.1, 0.15) is 5.82 Å². The van der Waals surface area contributed by atoms with Gasteiger partial charge in [-0.25, -0.2) is 9.97 Å². The van der Waals surface area contributed by atoms with Crippen LogP contribution in [0.3, 0.4) is 0 Å². The largest absolute Gasteiger partial charge is 0.433 e. The number of halogens is 4. The van der Waals surface area contributed by atoms with Crippen molar-refractivity contribution in [3.05, 3.63) is 17.0 Å². The van der Waals surface area contributed by atoms with Crippen molar-refractivity contribution in [2.75, 3.05) is 18.5 Å². The molecule has 1 saturated carbocycles. The molecule has 2 rings (SSSR count). The van der Waals surface area contributed by atoms with E-state index >= 15 is 0 Å². The van der Waals surface area contributed by atoms with Gasteiger partial charge in [0, 0.05) is 19.7 Å².